The van der Waals surface area contributed by atoms with Crippen molar-refractivity contribution in [3.8, 4) is 5.75 Å². The summed E-state index contributed by atoms with van der Waals surface area (Å²) in [6, 6.07) is 2.16. The lowest BCUT2D eigenvalue weighted by Crippen LogP contribution is -2.35. The second-order valence-electron chi connectivity index (χ2n) is 3.76. The summed E-state index contributed by atoms with van der Waals surface area (Å²) in [5, 5.41) is 11.7. The van der Waals surface area contributed by atoms with Gasteiger partial charge in [-0.2, -0.15) is 0 Å². The van der Waals surface area contributed by atoms with E-state index >= 15 is 0 Å². The lowest BCUT2D eigenvalue weighted by molar-refractivity contribution is -0.139. The van der Waals surface area contributed by atoms with Crippen molar-refractivity contribution in [1.82, 2.24) is 5.32 Å². The summed E-state index contributed by atoms with van der Waals surface area (Å²) < 4.78 is 19.2. The van der Waals surface area contributed by atoms with E-state index in [1.54, 1.807) is 13.0 Å². The van der Waals surface area contributed by atoms with E-state index in [0.717, 1.165) is 0 Å². The first-order valence-corrected chi connectivity index (χ1v) is 6.27. The third-order valence-corrected chi connectivity index (χ3v) is 3.19. The van der Waals surface area contributed by atoms with Crippen molar-refractivity contribution in [1.29, 1.82) is 0 Å². The van der Waals surface area contributed by atoms with E-state index < -0.39 is 17.8 Å². The molecule has 4 nitrogen and oxygen atoms in total. The number of hydrogen-bond donors (Lipinski definition) is 2. The lowest BCUT2D eigenvalue weighted by Gasteiger charge is -2.13. The van der Waals surface area contributed by atoms with Gasteiger partial charge in [0.1, 0.15) is 17.6 Å². The zero-order valence-corrected chi connectivity index (χ0v) is 11.8. The smallest absolute Gasteiger partial charge is 0.320 e. The first-order chi connectivity index (χ1) is 8.49. The molecule has 0 saturated heterocycles. The van der Waals surface area contributed by atoms with E-state index in [4.69, 9.17) is 9.84 Å². The van der Waals surface area contributed by atoms with Gasteiger partial charge in [0, 0.05) is 12.1 Å². The first kappa shape index (κ1) is 14.9. The van der Waals surface area contributed by atoms with Crippen LogP contribution in [0.1, 0.15) is 18.9 Å². The van der Waals surface area contributed by atoms with Gasteiger partial charge < -0.3 is 15.2 Å². The molecule has 0 amide bonds. The summed E-state index contributed by atoms with van der Waals surface area (Å²) in [6.45, 7) is 1.89. The molecule has 100 valence electrons. The third kappa shape index (κ3) is 3.68. The molecule has 0 aliphatic carbocycles. The highest BCUT2D eigenvalue weighted by atomic mass is 79.9. The van der Waals surface area contributed by atoms with Crippen molar-refractivity contribution in [2.75, 3.05) is 7.11 Å². The molecule has 1 aromatic rings. The fourth-order valence-corrected chi connectivity index (χ4v) is 1.98. The lowest BCUT2D eigenvalue weighted by atomic mass is 10.1. The zero-order chi connectivity index (χ0) is 13.7. The summed E-state index contributed by atoms with van der Waals surface area (Å²) in [4.78, 5) is 10.8. The number of carboxylic acids is 1. The van der Waals surface area contributed by atoms with Crippen molar-refractivity contribution in [2.24, 2.45) is 0 Å². The van der Waals surface area contributed by atoms with Crippen LogP contribution in [0.2, 0.25) is 0 Å². The highest BCUT2D eigenvalue weighted by Crippen LogP contribution is 2.27. The Bertz CT molecular complexity index is 440. The molecule has 0 aromatic heterocycles. The zero-order valence-electron chi connectivity index (χ0n) is 10.2. The summed E-state index contributed by atoms with van der Waals surface area (Å²) in [5.74, 6) is -0.839. The number of benzene rings is 1. The minimum Gasteiger partial charge on any atom is -0.496 e. The molecule has 0 spiro atoms. The summed E-state index contributed by atoms with van der Waals surface area (Å²) in [5.41, 5.74) is 0.370. The van der Waals surface area contributed by atoms with Crippen molar-refractivity contribution >= 4 is 21.9 Å². The quantitative estimate of drug-likeness (QED) is 0.846. The minimum absolute atomic E-state index is 0.139. The van der Waals surface area contributed by atoms with Gasteiger partial charge in [0.2, 0.25) is 0 Å². The Hall–Kier alpha value is -1.14. The summed E-state index contributed by atoms with van der Waals surface area (Å²) in [7, 11) is 1.49. The van der Waals surface area contributed by atoms with Crippen LogP contribution in [0.25, 0.3) is 0 Å². The van der Waals surface area contributed by atoms with E-state index in [-0.39, 0.29) is 6.54 Å². The molecule has 1 aromatic carbocycles. The van der Waals surface area contributed by atoms with Crippen molar-refractivity contribution < 1.29 is 19.0 Å². The molecule has 0 aliphatic heterocycles. The normalized spacial score (nSPS) is 12.2. The van der Waals surface area contributed by atoms with Crippen molar-refractivity contribution in [3.05, 3.63) is 28.0 Å². The van der Waals surface area contributed by atoms with Crippen LogP contribution in [0.3, 0.4) is 0 Å². The Morgan fingerprint density at radius 1 is 1.61 bits per heavy atom. The van der Waals surface area contributed by atoms with Crippen molar-refractivity contribution in [3.63, 3.8) is 0 Å². The number of carboxylic acid groups (broad SMARTS) is 1. The van der Waals surface area contributed by atoms with Gasteiger partial charge in [-0.1, -0.05) is 6.92 Å². The maximum absolute atomic E-state index is 13.6. The molecule has 0 aliphatic rings. The average Bonchev–Trinajstić information content (AvgIpc) is 2.31. The second kappa shape index (κ2) is 6.70. The minimum atomic E-state index is -0.943. The fraction of sp³-hybridized carbons (Fsp3) is 0.417. The number of rotatable bonds is 6. The maximum Gasteiger partial charge on any atom is 0.320 e. The summed E-state index contributed by atoms with van der Waals surface area (Å²) >= 11 is 3.18. The van der Waals surface area contributed by atoms with Gasteiger partial charge in [-0.25, -0.2) is 4.39 Å². The SMILES string of the molecule is CC[C@@H](NCc1cc(OC)c(Br)cc1F)C(=O)O. The first-order valence-electron chi connectivity index (χ1n) is 5.47. The molecule has 1 rings (SSSR count). The van der Waals surface area contributed by atoms with Crippen LogP contribution >= 0.6 is 15.9 Å². The highest BCUT2D eigenvalue weighted by molar-refractivity contribution is 9.10. The molecule has 6 heteroatoms. The average molecular weight is 320 g/mol. The van der Waals surface area contributed by atoms with Crippen LogP contribution in [0.15, 0.2) is 16.6 Å². The summed E-state index contributed by atoms with van der Waals surface area (Å²) in [6.07, 6.45) is 0.435. The molecule has 2 N–H and O–H groups in total. The second-order valence-corrected chi connectivity index (χ2v) is 4.61. The topological polar surface area (TPSA) is 58.6 Å². The van der Waals surface area contributed by atoms with Gasteiger partial charge in [0.15, 0.2) is 0 Å². The van der Waals surface area contributed by atoms with Crippen LogP contribution in [0, 0.1) is 5.82 Å². The van der Waals surface area contributed by atoms with Crippen LogP contribution in [0.4, 0.5) is 4.39 Å². The van der Waals surface area contributed by atoms with E-state index in [9.17, 15) is 9.18 Å². The standard InChI is InChI=1S/C12H15BrFNO3/c1-3-10(12(16)17)15-6-7-4-11(18-2)8(13)5-9(7)14/h4-5,10,15H,3,6H2,1-2H3,(H,16,17)/t10-/m1/s1. The van der Waals surface area contributed by atoms with E-state index in [0.29, 0.717) is 22.2 Å². The monoisotopic (exact) mass is 319 g/mol. The molecular formula is C12H15BrFNO3. The largest absolute Gasteiger partial charge is 0.496 e. The van der Waals surface area contributed by atoms with Crippen LogP contribution < -0.4 is 10.1 Å². The molecule has 0 saturated carbocycles. The van der Waals surface area contributed by atoms with Gasteiger partial charge in [0.25, 0.3) is 0 Å². The number of carbonyl (C=O) groups is 1. The maximum atomic E-state index is 13.6. The molecular weight excluding hydrogens is 305 g/mol. The number of ether oxygens (including phenoxy) is 1. The molecule has 18 heavy (non-hydrogen) atoms. The van der Waals surface area contributed by atoms with Gasteiger partial charge >= 0.3 is 5.97 Å². The van der Waals surface area contributed by atoms with Crippen LogP contribution in [-0.4, -0.2) is 24.2 Å². The number of nitrogens with one attached hydrogen (secondary N) is 1. The Morgan fingerprint density at radius 2 is 2.28 bits per heavy atom. The predicted octanol–water partition coefficient (Wildman–Crippen LogP) is 2.55. The fourth-order valence-electron chi connectivity index (χ4n) is 1.50. The van der Waals surface area contributed by atoms with Gasteiger partial charge in [-0.3, -0.25) is 4.79 Å². The number of hydrogen-bond acceptors (Lipinski definition) is 3. The number of halogens is 2. The van der Waals surface area contributed by atoms with E-state index in [1.807, 2.05) is 0 Å². The van der Waals surface area contributed by atoms with Crippen LogP contribution in [-0.2, 0) is 11.3 Å². The van der Waals surface area contributed by atoms with Crippen LogP contribution in [0.5, 0.6) is 5.75 Å². The van der Waals surface area contributed by atoms with Crippen molar-refractivity contribution in [2.45, 2.75) is 25.9 Å². The Labute approximate surface area is 113 Å². The Balaban J connectivity index is 2.81. The van der Waals surface area contributed by atoms with E-state index in [2.05, 4.69) is 21.2 Å². The predicted molar refractivity (Wildman–Crippen MR) is 69.2 cm³/mol. The van der Waals surface area contributed by atoms with Gasteiger partial charge in [-0.15, -0.1) is 0 Å². The molecule has 0 bridgehead atoms. The molecule has 0 heterocycles. The molecule has 0 radical (unpaired) electrons. The molecule has 0 unspecified atom stereocenters. The highest BCUT2D eigenvalue weighted by Gasteiger charge is 2.15. The number of methoxy groups -OCH3 is 1. The Morgan fingerprint density at radius 3 is 2.78 bits per heavy atom. The van der Waals surface area contributed by atoms with Gasteiger partial charge in [0.05, 0.1) is 11.6 Å². The molecule has 1 atom stereocenters. The van der Waals surface area contributed by atoms with E-state index in [1.165, 1.54) is 13.2 Å². The Kier molecular flexibility index (Phi) is 5.55. The third-order valence-electron chi connectivity index (χ3n) is 2.57. The molecule has 0 fully saturated rings. The number of aliphatic carboxylic acids is 1. The van der Waals surface area contributed by atoms with Gasteiger partial charge in [-0.05, 0) is 34.5 Å².